The fourth-order valence-corrected chi connectivity index (χ4v) is 1.61. The van der Waals surface area contributed by atoms with E-state index in [2.05, 4.69) is 9.71 Å². The van der Waals surface area contributed by atoms with E-state index in [1.165, 1.54) is 0 Å². The van der Waals surface area contributed by atoms with Crippen molar-refractivity contribution < 1.29 is 8.42 Å². The van der Waals surface area contributed by atoms with Crippen molar-refractivity contribution in [2.45, 2.75) is 4.90 Å². The van der Waals surface area contributed by atoms with Crippen LogP contribution in [-0.4, -0.2) is 25.9 Å². The molecule has 0 radical (unpaired) electrons. The summed E-state index contributed by atoms with van der Waals surface area (Å²) in [5.74, 6) is 0.348. The first-order valence-corrected chi connectivity index (χ1v) is 6.61. The molecule has 0 unspecified atom stereocenters. The fourth-order valence-electron chi connectivity index (χ4n) is 0.751. The fraction of sp³-hybridized carbons (Fsp3) is 0.286. The van der Waals surface area contributed by atoms with Crippen molar-refractivity contribution in [1.29, 1.82) is 0 Å². The second-order valence-electron chi connectivity index (χ2n) is 2.46. The minimum Gasteiger partial charge on any atom is -0.268 e. The van der Waals surface area contributed by atoms with Gasteiger partial charge in [0.2, 0.25) is 10.0 Å². The first-order chi connectivity index (χ1) is 6.01. The Balaban J connectivity index is 2.81. The molecule has 6 heteroatoms. The van der Waals surface area contributed by atoms with E-state index in [9.17, 15) is 8.42 Å². The lowest BCUT2D eigenvalue weighted by Gasteiger charge is -2.02. The van der Waals surface area contributed by atoms with Gasteiger partial charge >= 0.3 is 0 Å². The van der Waals surface area contributed by atoms with Crippen LogP contribution in [0, 0.1) is 0 Å². The summed E-state index contributed by atoms with van der Waals surface area (Å²) in [6, 6.07) is 3.44. The van der Waals surface area contributed by atoms with Crippen molar-refractivity contribution in [3.63, 3.8) is 0 Å². The molecule has 0 saturated carbocycles. The zero-order chi connectivity index (χ0) is 9.90. The predicted molar refractivity (Wildman–Crippen MR) is 54.5 cm³/mol. The molecule has 1 aromatic heterocycles. The minimum absolute atomic E-state index is 0.348. The van der Waals surface area contributed by atoms with Crippen LogP contribution in [0.1, 0.15) is 0 Å². The highest BCUT2D eigenvalue weighted by molar-refractivity contribution is 7.98. The lowest BCUT2D eigenvalue weighted by Crippen LogP contribution is -2.10. The van der Waals surface area contributed by atoms with Gasteiger partial charge in [-0.25, -0.2) is 13.4 Å². The third kappa shape index (κ3) is 3.65. The highest BCUT2D eigenvalue weighted by Gasteiger charge is 2.01. The van der Waals surface area contributed by atoms with E-state index in [1.807, 2.05) is 12.3 Å². The molecule has 1 rings (SSSR count). The molecule has 0 fully saturated rings. The average Bonchev–Trinajstić information content (AvgIpc) is 2.03. The van der Waals surface area contributed by atoms with Crippen LogP contribution in [0.15, 0.2) is 23.2 Å². The molecule has 0 aliphatic rings. The second-order valence-corrected chi connectivity index (χ2v) is 5.09. The SMILES string of the molecule is CSc1ccc(NS(C)(=O)=O)nc1. The van der Waals surface area contributed by atoms with Crippen LogP contribution < -0.4 is 4.72 Å². The Kier molecular flexibility index (Phi) is 3.16. The van der Waals surface area contributed by atoms with E-state index in [4.69, 9.17) is 0 Å². The van der Waals surface area contributed by atoms with Gasteiger partial charge < -0.3 is 0 Å². The molecule has 0 aliphatic carbocycles. The Morgan fingerprint density at radius 2 is 2.15 bits per heavy atom. The Morgan fingerprint density at radius 1 is 1.46 bits per heavy atom. The highest BCUT2D eigenvalue weighted by atomic mass is 32.2. The molecule has 0 spiro atoms. The number of nitrogens with zero attached hydrogens (tertiary/aromatic N) is 1. The number of thioether (sulfide) groups is 1. The Hall–Kier alpha value is -0.750. The minimum atomic E-state index is -3.22. The summed E-state index contributed by atoms with van der Waals surface area (Å²) in [5.41, 5.74) is 0. The molecule has 0 atom stereocenters. The molecule has 0 bridgehead atoms. The largest absolute Gasteiger partial charge is 0.268 e. The first kappa shape index (κ1) is 10.3. The van der Waals surface area contributed by atoms with Gasteiger partial charge in [-0.1, -0.05) is 0 Å². The molecular weight excluding hydrogens is 208 g/mol. The van der Waals surface area contributed by atoms with E-state index >= 15 is 0 Å². The molecule has 0 aliphatic heterocycles. The highest BCUT2D eigenvalue weighted by Crippen LogP contribution is 2.14. The number of rotatable bonds is 3. The van der Waals surface area contributed by atoms with Crippen LogP contribution in [-0.2, 0) is 10.0 Å². The standard InChI is InChI=1S/C7H10N2O2S2/c1-12-6-3-4-7(8-5-6)9-13(2,10)11/h3-5H,1-2H3,(H,8,9). The number of sulfonamides is 1. The summed E-state index contributed by atoms with van der Waals surface area (Å²) in [6.45, 7) is 0. The van der Waals surface area contributed by atoms with Crippen LogP contribution in [0.25, 0.3) is 0 Å². The summed E-state index contributed by atoms with van der Waals surface area (Å²) in [6.07, 6.45) is 4.65. The van der Waals surface area contributed by atoms with Crippen molar-refractivity contribution in [3.8, 4) is 0 Å². The zero-order valence-corrected chi connectivity index (χ0v) is 8.95. The lowest BCUT2D eigenvalue weighted by molar-refractivity contribution is 0.606. The van der Waals surface area contributed by atoms with Crippen LogP contribution in [0.5, 0.6) is 0 Å². The van der Waals surface area contributed by atoms with E-state index in [0.717, 1.165) is 11.2 Å². The van der Waals surface area contributed by atoms with Gasteiger partial charge in [-0.2, -0.15) is 0 Å². The Morgan fingerprint density at radius 3 is 2.54 bits per heavy atom. The van der Waals surface area contributed by atoms with Gasteiger partial charge in [0.05, 0.1) is 6.26 Å². The quantitative estimate of drug-likeness (QED) is 0.774. The molecule has 1 N–H and O–H groups in total. The number of anilines is 1. The molecular formula is C7H10N2O2S2. The van der Waals surface area contributed by atoms with Crippen molar-refractivity contribution in [1.82, 2.24) is 4.98 Å². The Bertz CT molecular complexity index is 372. The molecule has 1 aromatic rings. The topological polar surface area (TPSA) is 59.1 Å². The predicted octanol–water partition coefficient (Wildman–Crippen LogP) is 1.18. The van der Waals surface area contributed by atoms with Gasteiger partial charge in [0, 0.05) is 11.1 Å². The number of hydrogen-bond acceptors (Lipinski definition) is 4. The molecule has 0 amide bonds. The van der Waals surface area contributed by atoms with E-state index in [0.29, 0.717) is 5.82 Å². The van der Waals surface area contributed by atoms with Crippen molar-refractivity contribution in [2.75, 3.05) is 17.2 Å². The van der Waals surface area contributed by atoms with Crippen LogP contribution in [0.4, 0.5) is 5.82 Å². The van der Waals surface area contributed by atoms with Gasteiger partial charge in [-0.15, -0.1) is 11.8 Å². The van der Waals surface area contributed by atoms with Crippen LogP contribution in [0.3, 0.4) is 0 Å². The Labute approximate surface area is 81.8 Å². The van der Waals surface area contributed by atoms with Gasteiger partial charge in [-0.05, 0) is 18.4 Å². The summed E-state index contributed by atoms with van der Waals surface area (Å²) in [7, 11) is -3.22. The summed E-state index contributed by atoms with van der Waals surface area (Å²) in [4.78, 5) is 4.92. The normalized spacial score (nSPS) is 11.2. The summed E-state index contributed by atoms with van der Waals surface area (Å²) in [5, 5.41) is 0. The number of nitrogens with one attached hydrogen (secondary N) is 1. The maximum atomic E-state index is 10.8. The van der Waals surface area contributed by atoms with E-state index < -0.39 is 10.0 Å². The maximum Gasteiger partial charge on any atom is 0.230 e. The third-order valence-corrected chi connectivity index (χ3v) is 2.55. The smallest absolute Gasteiger partial charge is 0.230 e. The van der Waals surface area contributed by atoms with Gasteiger partial charge in [0.1, 0.15) is 5.82 Å². The first-order valence-electron chi connectivity index (χ1n) is 3.49. The molecule has 72 valence electrons. The molecule has 4 nitrogen and oxygen atoms in total. The molecule has 13 heavy (non-hydrogen) atoms. The third-order valence-electron chi connectivity index (χ3n) is 1.26. The number of pyridine rings is 1. The monoisotopic (exact) mass is 218 g/mol. The number of aromatic nitrogens is 1. The van der Waals surface area contributed by atoms with E-state index in [-0.39, 0.29) is 0 Å². The molecule has 0 saturated heterocycles. The molecule has 1 heterocycles. The van der Waals surface area contributed by atoms with Gasteiger partial charge in [0.25, 0.3) is 0 Å². The summed E-state index contributed by atoms with van der Waals surface area (Å²) >= 11 is 1.56. The maximum absolute atomic E-state index is 10.8. The van der Waals surface area contributed by atoms with Gasteiger partial charge in [-0.3, -0.25) is 4.72 Å². The van der Waals surface area contributed by atoms with Crippen molar-refractivity contribution in [2.24, 2.45) is 0 Å². The molecule has 0 aromatic carbocycles. The van der Waals surface area contributed by atoms with Crippen molar-refractivity contribution >= 4 is 27.6 Å². The average molecular weight is 218 g/mol. The summed E-state index contributed by atoms with van der Waals surface area (Å²) < 4.78 is 23.9. The van der Waals surface area contributed by atoms with Crippen LogP contribution in [0.2, 0.25) is 0 Å². The van der Waals surface area contributed by atoms with Crippen molar-refractivity contribution in [3.05, 3.63) is 18.3 Å². The second kappa shape index (κ2) is 3.97. The van der Waals surface area contributed by atoms with Crippen LogP contribution >= 0.6 is 11.8 Å². The van der Waals surface area contributed by atoms with Gasteiger partial charge in [0.15, 0.2) is 0 Å². The zero-order valence-electron chi connectivity index (χ0n) is 7.31. The lowest BCUT2D eigenvalue weighted by atomic mass is 10.5. The number of hydrogen-bond donors (Lipinski definition) is 1. The van der Waals surface area contributed by atoms with E-state index in [1.54, 1.807) is 24.0 Å².